The van der Waals surface area contributed by atoms with Gasteiger partial charge < -0.3 is 26.2 Å². The number of nitrogens with two attached hydrogens (primary N) is 2. The van der Waals surface area contributed by atoms with Gasteiger partial charge in [0, 0.05) is 13.6 Å². The minimum Gasteiger partial charge on any atom is -0.397 e. The summed E-state index contributed by atoms with van der Waals surface area (Å²) in [4.78, 5) is 17.1. The average Bonchev–Trinajstić information content (AvgIpc) is 2.34. The van der Waals surface area contributed by atoms with Gasteiger partial charge in [-0.1, -0.05) is 0 Å². The van der Waals surface area contributed by atoms with Crippen LogP contribution >= 0.6 is 0 Å². The average molecular weight is 254 g/mol. The predicted molar refractivity (Wildman–Crippen MR) is 68.3 cm³/mol. The number of ether oxygens (including phenoxy) is 1. The first-order chi connectivity index (χ1) is 8.56. The Morgan fingerprint density at radius 2 is 2.28 bits per heavy atom. The molecule has 1 amide bonds. The van der Waals surface area contributed by atoms with Crippen LogP contribution in [-0.4, -0.2) is 49.4 Å². The van der Waals surface area contributed by atoms with Gasteiger partial charge in [0.2, 0.25) is 0 Å². The molecule has 7 heteroatoms. The molecule has 0 aliphatic heterocycles. The van der Waals surface area contributed by atoms with Crippen LogP contribution in [0.5, 0.6) is 0 Å². The van der Waals surface area contributed by atoms with Crippen LogP contribution in [0, 0.1) is 0 Å². The van der Waals surface area contributed by atoms with E-state index in [0.717, 1.165) is 0 Å². The van der Waals surface area contributed by atoms with Crippen molar-refractivity contribution in [2.45, 2.75) is 0 Å². The Morgan fingerprint density at radius 3 is 2.89 bits per heavy atom. The standard InChI is InChI=1S/C11H18N4O3/c1-15(2-4-18-5-3-16)10-6-8(11(13)17)9(12)7-14-10/h6-7,16H,2-5,12H2,1H3,(H2,13,17). The fraction of sp³-hybridized carbons (Fsp3) is 0.455. The number of carbonyl (C=O) groups excluding carboxylic acids is 1. The molecule has 0 spiro atoms. The van der Waals surface area contributed by atoms with Crippen molar-refractivity contribution >= 4 is 17.4 Å². The quantitative estimate of drug-likeness (QED) is 0.549. The van der Waals surface area contributed by atoms with Crippen LogP contribution in [0.3, 0.4) is 0 Å². The smallest absolute Gasteiger partial charge is 0.250 e. The molecule has 0 saturated heterocycles. The maximum absolute atomic E-state index is 11.1. The van der Waals surface area contributed by atoms with Crippen LogP contribution in [0.15, 0.2) is 12.3 Å². The molecule has 100 valence electrons. The molecule has 0 aromatic carbocycles. The molecule has 7 nitrogen and oxygen atoms in total. The van der Waals surface area contributed by atoms with Gasteiger partial charge in [-0.2, -0.15) is 0 Å². The molecule has 5 N–H and O–H groups in total. The number of nitrogen functional groups attached to an aromatic ring is 1. The summed E-state index contributed by atoms with van der Waals surface area (Å²) < 4.78 is 5.14. The van der Waals surface area contributed by atoms with Crippen molar-refractivity contribution in [3.05, 3.63) is 17.8 Å². The lowest BCUT2D eigenvalue weighted by Crippen LogP contribution is -2.25. The Bertz CT molecular complexity index is 411. The van der Waals surface area contributed by atoms with Gasteiger partial charge >= 0.3 is 0 Å². The Morgan fingerprint density at radius 1 is 1.56 bits per heavy atom. The lowest BCUT2D eigenvalue weighted by molar-refractivity contribution is 0.0970. The van der Waals surface area contributed by atoms with E-state index in [1.54, 1.807) is 6.07 Å². The predicted octanol–water partition coefficient (Wildman–Crippen LogP) is -0.792. The number of carbonyl (C=O) groups is 1. The summed E-state index contributed by atoms with van der Waals surface area (Å²) in [5.41, 5.74) is 11.3. The van der Waals surface area contributed by atoms with Gasteiger partial charge in [0.05, 0.1) is 37.3 Å². The first kappa shape index (κ1) is 14.2. The summed E-state index contributed by atoms with van der Waals surface area (Å²) in [5, 5.41) is 8.56. The van der Waals surface area contributed by atoms with Crippen LogP contribution in [-0.2, 0) is 4.74 Å². The number of rotatable bonds is 7. The molecule has 0 unspecified atom stereocenters. The van der Waals surface area contributed by atoms with Gasteiger partial charge in [-0.15, -0.1) is 0 Å². The van der Waals surface area contributed by atoms with Crippen LogP contribution in [0.2, 0.25) is 0 Å². The lowest BCUT2D eigenvalue weighted by atomic mass is 10.2. The van der Waals surface area contributed by atoms with Crippen molar-refractivity contribution < 1.29 is 14.6 Å². The van der Waals surface area contributed by atoms with Gasteiger partial charge in [0.25, 0.3) is 5.91 Å². The number of amides is 1. The molecular formula is C11H18N4O3. The van der Waals surface area contributed by atoms with Gasteiger partial charge in [-0.05, 0) is 6.07 Å². The van der Waals surface area contributed by atoms with Crippen LogP contribution in [0.1, 0.15) is 10.4 Å². The topological polar surface area (TPSA) is 115 Å². The number of primary amides is 1. The summed E-state index contributed by atoms with van der Waals surface area (Å²) in [6.07, 6.45) is 1.40. The van der Waals surface area contributed by atoms with Crippen LogP contribution in [0.25, 0.3) is 0 Å². The highest BCUT2D eigenvalue weighted by Gasteiger charge is 2.10. The largest absolute Gasteiger partial charge is 0.397 e. The van der Waals surface area contributed by atoms with E-state index >= 15 is 0 Å². The van der Waals surface area contributed by atoms with E-state index in [2.05, 4.69) is 4.98 Å². The normalized spacial score (nSPS) is 10.3. The fourth-order valence-corrected chi connectivity index (χ4v) is 1.36. The molecule has 0 saturated carbocycles. The van der Waals surface area contributed by atoms with E-state index in [1.165, 1.54) is 6.20 Å². The van der Waals surface area contributed by atoms with Gasteiger partial charge in [-0.3, -0.25) is 4.79 Å². The Balaban J connectivity index is 2.65. The zero-order chi connectivity index (χ0) is 13.5. The highest BCUT2D eigenvalue weighted by atomic mass is 16.5. The molecule has 0 bridgehead atoms. The molecule has 0 aliphatic rings. The summed E-state index contributed by atoms with van der Waals surface area (Å²) in [6, 6.07) is 1.55. The second-order valence-corrected chi connectivity index (χ2v) is 3.75. The fourth-order valence-electron chi connectivity index (χ4n) is 1.36. The molecule has 0 aliphatic carbocycles. The van der Waals surface area contributed by atoms with Gasteiger partial charge in [-0.25, -0.2) is 4.98 Å². The van der Waals surface area contributed by atoms with E-state index < -0.39 is 5.91 Å². The SMILES string of the molecule is CN(CCOCCO)c1cc(C(N)=O)c(N)cn1. The van der Waals surface area contributed by atoms with Crippen molar-refractivity contribution in [1.29, 1.82) is 0 Å². The number of aliphatic hydroxyl groups excluding tert-OH is 1. The van der Waals surface area contributed by atoms with Crippen molar-refractivity contribution in [2.24, 2.45) is 5.73 Å². The third kappa shape index (κ3) is 3.86. The molecule has 1 rings (SSSR count). The minimum absolute atomic E-state index is 0.00431. The molecule has 1 heterocycles. The maximum Gasteiger partial charge on any atom is 0.250 e. The Hall–Kier alpha value is -1.86. The number of likely N-dealkylation sites (N-methyl/N-ethyl adjacent to an activating group) is 1. The second kappa shape index (κ2) is 6.77. The van der Waals surface area contributed by atoms with Crippen LogP contribution in [0.4, 0.5) is 11.5 Å². The number of anilines is 2. The number of nitrogens with zero attached hydrogens (tertiary/aromatic N) is 2. The number of pyridine rings is 1. The van der Waals surface area contributed by atoms with E-state index in [9.17, 15) is 4.79 Å². The number of hydrogen-bond acceptors (Lipinski definition) is 6. The van der Waals surface area contributed by atoms with Gasteiger partial charge in [0.15, 0.2) is 0 Å². The van der Waals surface area contributed by atoms with E-state index in [0.29, 0.717) is 25.6 Å². The first-order valence-corrected chi connectivity index (χ1v) is 5.51. The number of hydrogen-bond donors (Lipinski definition) is 3. The summed E-state index contributed by atoms with van der Waals surface area (Å²) in [5.74, 6) is 0.00618. The molecule has 0 atom stereocenters. The van der Waals surface area contributed by atoms with Gasteiger partial charge in [0.1, 0.15) is 5.82 Å². The lowest BCUT2D eigenvalue weighted by Gasteiger charge is -2.18. The van der Waals surface area contributed by atoms with E-state index in [1.807, 2.05) is 11.9 Å². The molecule has 1 aromatic heterocycles. The van der Waals surface area contributed by atoms with Crippen LogP contribution < -0.4 is 16.4 Å². The Labute approximate surface area is 105 Å². The van der Waals surface area contributed by atoms with Crippen molar-refractivity contribution in [2.75, 3.05) is 44.0 Å². The van der Waals surface area contributed by atoms with Crippen molar-refractivity contribution in [3.63, 3.8) is 0 Å². The number of aliphatic hydroxyl groups is 1. The second-order valence-electron chi connectivity index (χ2n) is 3.75. The third-order valence-corrected chi connectivity index (χ3v) is 2.38. The first-order valence-electron chi connectivity index (χ1n) is 5.51. The highest BCUT2D eigenvalue weighted by molar-refractivity contribution is 5.98. The molecule has 0 fully saturated rings. The molecule has 0 radical (unpaired) electrons. The summed E-state index contributed by atoms with van der Waals surface area (Å²) in [6.45, 7) is 1.33. The molecule has 1 aromatic rings. The molecule has 18 heavy (non-hydrogen) atoms. The van der Waals surface area contributed by atoms with E-state index in [-0.39, 0.29) is 17.9 Å². The molecular weight excluding hydrogens is 236 g/mol. The third-order valence-electron chi connectivity index (χ3n) is 2.38. The monoisotopic (exact) mass is 254 g/mol. The van der Waals surface area contributed by atoms with E-state index in [4.69, 9.17) is 21.3 Å². The minimum atomic E-state index is -0.582. The maximum atomic E-state index is 11.1. The summed E-state index contributed by atoms with van der Waals surface area (Å²) >= 11 is 0. The highest BCUT2D eigenvalue weighted by Crippen LogP contribution is 2.16. The van der Waals surface area contributed by atoms with Crippen molar-refractivity contribution in [1.82, 2.24) is 4.98 Å². The number of aromatic nitrogens is 1. The van der Waals surface area contributed by atoms with Crippen molar-refractivity contribution in [3.8, 4) is 0 Å². The summed E-state index contributed by atoms with van der Waals surface area (Å²) in [7, 11) is 1.81. The zero-order valence-corrected chi connectivity index (χ0v) is 10.3. The Kier molecular flexibility index (Phi) is 5.34. The zero-order valence-electron chi connectivity index (χ0n) is 10.3.